The van der Waals surface area contributed by atoms with E-state index in [0.717, 1.165) is 13.0 Å². The van der Waals surface area contributed by atoms with Crippen molar-refractivity contribution in [3.8, 4) is 5.75 Å². The Morgan fingerprint density at radius 3 is 2.55 bits per heavy atom. The number of halogens is 3. The van der Waals surface area contributed by atoms with Crippen molar-refractivity contribution in [1.29, 1.82) is 0 Å². The molecule has 1 rings (SSSR count). The molecular formula is C14H20F3NO2. The van der Waals surface area contributed by atoms with E-state index in [1.165, 1.54) is 18.2 Å². The van der Waals surface area contributed by atoms with Crippen molar-refractivity contribution in [2.45, 2.75) is 38.7 Å². The SMILES string of the molecule is CCCNCCC(C)(O)c1cccc(OC(F)(F)F)c1. The van der Waals surface area contributed by atoms with Crippen molar-refractivity contribution in [2.24, 2.45) is 0 Å². The number of aliphatic hydroxyl groups is 1. The number of hydrogen-bond donors (Lipinski definition) is 2. The molecule has 0 aliphatic carbocycles. The van der Waals surface area contributed by atoms with E-state index in [2.05, 4.69) is 10.1 Å². The number of ether oxygens (including phenoxy) is 1. The molecule has 1 aromatic rings. The fraction of sp³-hybridized carbons (Fsp3) is 0.571. The summed E-state index contributed by atoms with van der Waals surface area (Å²) in [4.78, 5) is 0. The predicted molar refractivity (Wildman–Crippen MR) is 70.5 cm³/mol. The zero-order valence-electron chi connectivity index (χ0n) is 11.6. The first-order valence-corrected chi connectivity index (χ1v) is 6.54. The van der Waals surface area contributed by atoms with Gasteiger partial charge in [0, 0.05) is 0 Å². The predicted octanol–water partition coefficient (Wildman–Crippen LogP) is 3.18. The summed E-state index contributed by atoms with van der Waals surface area (Å²) in [6.45, 7) is 5.04. The third-order valence-corrected chi connectivity index (χ3v) is 2.90. The Kier molecular flexibility index (Phi) is 5.83. The fourth-order valence-electron chi connectivity index (χ4n) is 1.81. The van der Waals surface area contributed by atoms with Gasteiger partial charge >= 0.3 is 6.36 Å². The van der Waals surface area contributed by atoms with Gasteiger partial charge in [0.15, 0.2) is 0 Å². The number of nitrogens with one attached hydrogen (secondary N) is 1. The van der Waals surface area contributed by atoms with Gasteiger partial charge in [-0.25, -0.2) is 0 Å². The standard InChI is InChI=1S/C14H20F3NO2/c1-3-8-18-9-7-13(2,19)11-5-4-6-12(10-11)20-14(15,16)17/h4-6,10,18-19H,3,7-9H2,1-2H3. The molecule has 0 amide bonds. The third kappa shape index (κ3) is 5.79. The lowest BCUT2D eigenvalue weighted by Crippen LogP contribution is -2.28. The molecule has 1 unspecified atom stereocenters. The monoisotopic (exact) mass is 291 g/mol. The molecule has 0 spiro atoms. The normalized spacial score (nSPS) is 14.9. The Bertz CT molecular complexity index is 419. The maximum atomic E-state index is 12.2. The maximum Gasteiger partial charge on any atom is 0.573 e. The fourth-order valence-corrected chi connectivity index (χ4v) is 1.81. The lowest BCUT2D eigenvalue weighted by atomic mass is 9.92. The Labute approximate surface area is 116 Å². The highest BCUT2D eigenvalue weighted by atomic mass is 19.4. The van der Waals surface area contributed by atoms with Gasteiger partial charge in [0.2, 0.25) is 0 Å². The summed E-state index contributed by atoms with van der Waals surface area (Å²) < 4.78 is 40.3. The molecule has 0 bridgehead atoms. The van der Waals surface area contributed by atoms with E-state index in [-0.39, 0.29) is 5.75 Å². The summed E-state index contributed by atoms with van der Waals surface area (Å²) in [7, 11) is 0. The van der Waals surface area contributed by atoms with E-state index in [0.29, 0.717) is 18.5 Å². The molecular weight excluding hydrogens is 271 g/mol. The van der Waals surface area contributed by atoms with E-state index in [1.807, 2.05) is 6.92 Å². The molecule has 3 nitrogen and oxygen atoms in total. The first-order valence-electron chi connectivity index (χ1n) is 6.54. The quantitative estimate of drug-likeness (QED) is 0.758. The van der Waals surface area contributed by atoms with Crippen LogP contribution >= 0.6 is 0 Å². The van der Waals surface area contributed by atoms with Crippen LogP contribution < -0.4 is 10.1 Å². The lowest BCUT2D eigenvalue weighted by Gasteiger charge is -2.24. The van der Waals surface area contributed by atoms with Crippen molar-refractivity contribution in [2.75, 3.05) is 13.1 Å². The second kappa shape index (κ2) is 6.95. The van der Waals surface area contributed by atoms with Gasteiger partial charge in [-0.1, -0.05) is 19.1 Å². The van der Waals surface area contributed by atoms with E-state index in [1.54, 1.807) is 13.0 Å². The minimum Gasteiger partial charge on any atom is -0.406 e. The van der Waals surface area contributed by atoms with Crippen molar-refractivity contribution >= 4 is 0 Å². The van der Waals surface area contributed by atoms with Crippen molar-refractivity contribution in [1.82, 2.24) is 5.32 Å². The minimum absolute atomic E-state index is 0.322. The third-order valence-electron chi connectivity index (χ3n) is 2.90. The molecule has 0 radical (unpaired) electrons. The Balaban J connectivity index is 2.71. The molecule has 0 saturated heterocycles. The molecule has 1 atom stereocenters. The number of benzene rings is 1. The van der Waals surface area contributed by atoms with Crippen molar-refractivity contribution < 1.29 is 23.0 Å². The van der Waals surface area contributed by atoms with Gasteiger partial charge in [-0.05, 0) is 50.6 Å². The first-order chi connectivity index (χ1) is 9.24. The summed E-state index contributed by atoms with van der Waals surface area (Å²) in [5.41, 5.74) is -0.802. The molecule has 2 N–H and O–H groups in total. The molecule has 0 fully saturated rings. The molecule has 0 aromatic heterocycles. The van der Waals surface area contributed by atoms with Crippen LogP contribution in [0.3, 0.4) is 0 Å². The molecule has 20 heavy (non-hydrogen) atoms. The number of alkyl halides is 3. The van der Waals surface area contributed by atoms with E-state index in [4.69, 9.17) is 0 Å². The van der Waals surface area contributed by atoms with Crippen LogP contribution in [0.2, 0.25) is 0 Å². The smallest absolute Gasteiger partial charge is 0.406 e. The largest absolute Gasteiger partial charge is 0.573 e. The topological polar surface area (TPSA) is 41.5 Å². The number of hydrogen-bond acceptors (Lipinski definition) is 3. The molecule has 0 saturated carbocycles. The first kappa shape index (κ1) is 16.8. The van der Waals surface area contributed by atoms with Crippen LogP contribution in [-0.4, -0.2) is 24.6 Å². The van der Waals surface area contributed by atoms with Crippen LogP contribution in [0.25, 0.3) is 0 Å². The van der Waals surface area contributed by atoms with Crippen LogP contribution in [0.15, 0.2) is 24.3 Å². The van der Waals surface area contributed by atoms with Crippen LogP contribution in [0.1, 0.15) is 32.3 Å². The van der Waals surface area contributed by atoms with Gasteiger partial charge in [-0.15, -0.1) is 13.2 Å². The zero-order chi connectivity index (χ0) is 15.2. The second-order valence-electron chi connectivity index (χ2n) is 4.85. The van der Waals surface area contributed by atoms with Gasteiger partial charge < -0.3 is 15.2 Å². The summed E-state index contributed by atoms with van der Waals surface area (Å²) in [5.74, 6) is -0.322. The van der Waals surface area contributed by atoms with E-state index < -0.39 is 12.0 Å². The van der Waals surface area contributed by atoms with Gasteiger partial charge in [0.25, 0.3) is 0 Å². The van der Waals surface area contributed by atoms with Gasteiger partial charge in [0.1, 0.15) is 5.75 Å². The zero-order valence-corrected chi connectivity index (χ0v) is 11.6. The Hall–Kier alpha value is -1.27. The highest BCUT2D eigenvalue weighted by Gasteiger charge is 2.32. The van der Waals surface area contributed by atoms with Gasteiger partial charge in [-0.2, -0.15) is 0 Å². The van der Waals surface area contributed by atoms with E-state index in [9.17, 15) is 18.3 Å². The molecule has 0 aliphatic rings. The van der Waals surface area contributed by atoms with Crippen LogP contribution in [-0.2, 0) is 5.60 Å². The second-order valence-corrected chi connectivity index (χ2v) is 4.85. The Morgan fingerprint density at radius 1 is 1.25 bits per heavy atom. The minimum atomic E-state index is -4.73. The highest BCUT2D eigenvalue weighted by Crippen LogP contribution is 2.29. The summed E-state index contributed by atoms with van der Waals surface area (Å²) in [5, 5.41) is 13.5. The summed E-state index contributed by atoms with van der Waals surface area (Å²) >= 11 is 0. The lowest BCUT2D eigenvalue weighted by molar-refractivity contribution is -0.274. The van der Waals surface area contributed by atoms with Crippen LogP contribution in [0, 0.1) is 0 Å². The molecule has 0 heterocycles. The average molecular weight is 291 g/mol. The summed E-state index contributed by atoms with van der Waals surface area (Å²) in [6.07, 6.45) is -3.34. The van der Waals surface area contributed by atoms with Gasteiger partial charge in [0.05, 0.1) is 5.60 Å². The highest BCUT2D eigenvalue weighted by molar-refractivity contribution is 5.32. The van der Waals surface area contributed by atoms with Crippen molar-refractivity contribution in [3.63, 3.8) is 0 Å². The van der Waals surface area contributed by atoms with Crippen LogP contribution in [0.4, 0.5) is 13.2 Å². The molecule has 114 valence electrons. The van der Waals surface area contributed by atoms with E-state index >= 15 is 0 Å². The molecule has 0 aliphatic heterocycles. The molecule has 6 heteroatoms. The summed E-state index contributed by atoms with van der Waals surface area (Å²) in [6, 6.07) is 5.45. The van der Waals surface area contributed by atoms with Crippen molar-refractivity contribution in [3.05, 3.63) is 29.8 Å². The Morgan fingerprint density at radius 2 is 1.95 bits per heavy atom. The van der Waals surface area contributed by atoms with Gasteiger partial charge in [-0.3, -0.25) is 0 Å². The average Bonchev–Trinajstić information content (AvgIpc) is 2.33. The van der Waals surface area contributed by atoms with Crippen LogP contribution in [0.5, 0.6) is 5.75 Å². The molecule has 1 aromatic carbocycles. The number of rotatable bonds is 7. The maximum absolute atomic E-state index is 12.2.